The van der Waals surface area contributed by atoms with Crippen LogP contribution < -0.4 is 30.5 Å². The number of aromatic nitrogens is 6. The lowest BCUT2D eigenvalue weighted by Gasteiger charge is -2.36. The summed E-state index contributed by atoms with van der Waals surface area (Å²) >= 11 is 20.4. The molecule has 33 heteroatoms. The Kier molecular flexibility index (Phi) is 27.8. The Morgan fingerprint density at radius 1 is 0.475 bits per heavy atom. The minimum atomic E-state index is -0.629. The van der Waals surface area contributed by atoms with Crippen LogP contribution >= 0.6 is 34.8 Å². The quantitative estimate of drug-likeness (QED) is 0.0473. The molecule has 3 aromatic heterocycles. The van der Waals surface area contributed by atoms with Crippen molar-refractivity contribution in [3.8, 4) is 6.01 Å². The lowest BCUT2D eigenvalue weighted by molar-refractivity contribution is -0.131. The van der Waals surface area contributed by atoms with Crippen LogP contribution in [0.25, 0.3) is 32.7 Å². The fraction of sp³-hybridized carbons (Fsp3) is 0.393. The van der Waals surface area contributed by atoms with E-state index in [1.165, 1.54) is 14.7 Å². The summed E-state index contributed by atoms with van der Waals surface area (Å²) < 4.78 is 55.5. The molecule has 0 spiro atoms. The number of rotatable bonds is 20. The lowest BCUT2D eigenvalue weighted by Crippen LogP contribution is -2.50. The van der Waals surface area contributed by atoms with Gasteiger partial charge in [0.05, 0.1) is 23.7 Å². The number of carbonyl (C=O) groups is 6. The van der Waals surface area contributed by atoms with E-state index in [9.17, 15) is 44.1 Å². The van der Waals surface area contributed by atoms with Gasteiger partial charge in [-0.25, -0.2) is 32.9 Å². The summed E-state index contributed by atoms with van der Waals surface area (Å²) in [7, 11) is 10.1. The van der Waals surface area contributed by atoms with Crippen molar-refractivity contribution in [3.63, 3.8) is 0 Å². The number of anilines is 4. The Hall–Kier alpha value is -11.8. The molecule has 15 rings (SSSR count). The molecule has 122 heavy (non-hydrogen) atoms. The standard InChI is InChI=1S/C31H35ClFN5O3.C30H33ClFN5O4.C28H31ClFN7O3/c1-4-26(40)37-12-14-38(15-13-37)31-23-18-24(32)28(22-17-20(39)16-19-8-5-6-9-21(19)22)29(33)30(23)34-25(35-31)10-7-11-27(41)36(2)3;1-4-24(39)36-10-12-37(13-11-36)29-22-17-23(31)26(21-16-19(38)15-18-7-5-6-8-20(18)21)27(32)28(22)33-30(34-29)41-14-9-25(40)35(2)3;1-35(2)22(39)7-8-32-28-33-25-20(26(34-28)36-9-11-37(12-10-36)27(31)40)15-21(29)23(24(25)30)19-14-17(38)13-16-5-3-4-6-18(16)19/h5-6,8-9,17-18,22,39H,4,7,10-16H2,1-3H3;5-8,16-17,21,38H,4,9-15H2,1-3H3;3-6,14-15,19,38H,7-13H2,1-2H3,(H2,31,40)(H,32,33,34)/t22-;21-;19-/m000/s1. The molecule has 0 radical (unpaired) electrons. The maximum Gasteiger partial charge on any atom is 0.319 e. The maximum atomic E-state index is 16.6. The van der Waals surface area contributed by atoms with Gasteiger partial charge in [-0.15, -0.1) is 0 Å². The van der Waals surface area contributed by atoms with Gasteiger partial charge in [-0.05, 0) is 76.2 Å². The highest BCUT2D eigenvalue weighted by atomic mass is 35.5. The number of aryl methyl sites for hydroxylation is 1. The van der Waals surface area contributed by atoms with E-state index in [4.69, 9.17) is 50.3 Å². The molecule has 3 aliphatic carbocycles. The number of nitrogens with two attached hydrogens (primary N) is 1. The second kappa shape index (κ2) is 38.5. The Morgan fingerprint density at radius 2 is 0.836 bits per heavy atom. The fourth-order valence-corrected chi connectivity index (χ4v) is 17.2. The van der Waals surface area contributed by atoms with Crippen LogP contribution in [0, 0.1) is 17.5 Å². The Balaban J connectivity index is 0.000000158. The van der Waals surface area contributed by atoms with Crippen LogP contribution in [0.5, 0.6) is 6.01 Å². The third-order valence-corrected chi connectivity index (χ3v) is 23.8. The van der Waals surface area contributed by atoms with Crippen molar-refractivity contribution in [1.82, 2.24) is 59.3 Å². The first kappa shape index (κ1) is 88.0. The normalized spacial score (nSPS) is 16.9. The van der Waals surface area contributed by atoms with Crippen molar-refractivity contribution in [2.45, 2.75) is 95.8 Å². The number of ether oxygens (including phenoxy) is 1. The van der Waals surface area contributed by atoms with Crippen molar-refractivity contribution < 1.29 is 62.0 Å². The number of aliphatic hydroxyl groups excluding tert-OH is 3. The van der Waals surface area contributed by atoms with Gasteiger partial charge in [-0.3, -0.25) is 24.0 Å². The zero-order chi connectivity index (χ0) is 87.1. The number of amides is 7. The summed E-state index contributed by atoms with van der Waals surface area (Å²) in [5, 5.41) is 36.5. The molecule has 6 aliphatic rings. The molecular weight excluding hydrogens is 1630 g/mol. The number of nitrogens with zero attached hydrogens (tertiary/aromatic N) is 15. The zero-order valence-corrected chi connectivity index (χ0v) is 71.6. The molecule has 9 aromatic rings. The molecule has 642 valence electrons. The van der Waals surface area contributed by atoms with Gasteiger partial charge < -0.3 is 75.2 Å². The monoisotopic (exact) mass is 1730 g/mol. The first-order chi connectivity index (χ1) is 58.5. The van der Waals surface area contributed by atoms with Gasteiger partial charge >= 0.3 is 12.0 Å². The Bertz CT molecular complexity index is 5390. The summed E-state index contributed by atoms with van der Waals surface area (Å²) in [6, 6.07) is 27.3. The molecular formula is C89H99Cl3F3N17O10. The van der Waals surface area contributed by atoms with Crippen LogP contribution in [-0.4, -0.2) is 244 Å². The van der Waals surface area contributed by atoms with Crippen molar-refractivity contribution in [1.29, 1.82) is 0 Å². The predicted molar refractivity (Wildman–Crippen MR) is 465 cm³/mol. The van der Waals surface area contributed by atoms with Crippen molar-refractivity contribution in [2.24, 2.45) is 5.73 Å². The summed E-state index contributed by atoms with van der Waals surface area (Å²) in [5.41, 5.74) is 11.7. The van der Waals surface area contributed by atoms with E-state index in [0.29, 0.717) is 169 Å². The van der Waals surface area contributed by atoms with E-state index in [1.54, 1.807) is 88.5 Å². The minimum absolute atomic E-state index is 0.00512. The molecule has 0 saturated carbocycles. The number of piperazine rings is 3. The summed E-state index contributed by atoms with van der Waals surface area (Å²) in [6.45, 7) is 9.76. The topological polar surface area (TPSA) is 317 Å². The SMILES string of the molecule is CCC(=O)N1CCN(c2nc(CCCC(=O)N(C)C)nc3c(F)c([C@H]4C=C(O)Cc5ccccc54)c(Cl)cc23)CC1.CCC(=O)N1CCN(c2nc(OCCC(=O)N(C)C)nc3c(F)c([C@H]4C=C(O)Cc5ccccc54)c(Cl)cc23)CC1.CN(C)C(=O)CCNc1nc(N2CCN(C(N)=O)CC2)c2cc(Cl)c([C@H]3C=C(O)Cc4ccccc43)c(F)c2n1. The van der Waals surface area contributed by atoms with Crippen LogP contribution in [0.3, 0.4) is 0 Å². The van der Waals surface area contributed by atoms with Gasteiger partial charge in [0.2, 0.25) is 35.5 Å². The maximum absolute atomic E-state index is 16.6. The van der Waals surface area contributed by atoms with Crippen LogP contribution in [0.1, 0.15) is 126 Å². The van der Waals surface area contributed by atoms with Crippen molar-refractivity contribution in [2.75, 3.05) is 154 Å². The predicted octanol–water partition coefficient (Wildman–Crippen LogP) is 13.1. The van der Waals surface area contributed by atoms with Crippen molar-refractivity contribution >= 4 is 126 Å². The largest absolute Gasteiger partial charge is 0.512 e. The number of benzene rings is 6. The molecule has 6 aromatic carbocycles. The van der Waals surface area contributed by atoms with Gasteiger partial charge in [-0.2, -0.15) is 15.0 Å². The number of halogens is 6. The molecule has 3 aliphatic heterocycles. The fourth-order valence-electron chi connectivity index (χ4n) is 16.3. The van der Waals surface area contributed by atoms with E-state index >= 15 is 13.2 Å². The van der Waals surface area contributed by atoms with E-state index in [2.05, 4.69) is 35.1 Å². The number of fused-ring (bicyclic) bond motifs is 6. The molecule has 3 fully saturated rings. The molecule has 3 atom stereocenters. The number of hydrogen-bond acceptors (Lipinski definition) is 20. The first-order valence-electron chi connectivity index (χ1n) is 40.8. The first-order valence-corrected chi connectivity index (χ1v) is 41.9. The van der Waals surface area contributed by atoms with Gasteiger partial charge in [0.25, 0.3) is 0 Å². The van der Waals surface area contributed by atoms with Crippen LogP contribution in [0.15, 0.2) is 127 Å². The molecule has 7 amide bonds. The number of nitrogens with one attached hydrogen (secondary N) is 1. The van der Waals surface area contributed by atoms with Gasteiger partial charge in [0, 0.05) is 244 Å². The molecule has 0 bridgehead atoms. The van der Waals surface area contributed by atoms with Crippen LogP contribution in [0.2, 0.25) is 15.1 Å². The molecule has 0 unspecified atom stereocenters. The molecule has 6 heterocycles. The van der Waals surface area contributed by atoms with E-state index in [0.717, 1.165) is 33.4 Å². The zero-order valence-electron chi connectivity index (χ0n) is 69.3. The van der Waals surface area contributed by atoms with Crippen molar-refractivity contribution in [3.05, 3.63) is 215 Å². The van der Waals surface area contributed by atoms with Gasteiger partial charge in [0.15, 0.2) is 17.5 Å². The lowest BCUT2D eigenvalue weighted by atomic mass is 9.82. The number of aliphatic hydroxyl groups is 3. The second-order valence-corrected chi connectivity index (χ2v) is 32.6. The third kappa shape index (κ3) is 19.4. The summed E-state index contributed by atoms with van der Waals surface area (Å²) in [6.07, 6.45) is 8.45. The Labute approximate surface area is 720 Å². The average molecular weight is 1730 g/mol. The number of hydrogen-bond donors (Lipinski definition) is 5. The van der Waals surface area contributed by atoms with E-state index in [-0.39, 0.29) is 133 Å². The summed E-state index contributed by atoms with van der Waals surface area (Å²) in [5.74, 6) is -1.03. The number of carbonyl (C=O) groups excluding carboxylic acids is 6. The van der Waals surface area contributed by atoms with Crippen LogP contribution in [0.4, 0.5) is 41.4 Å². The second-order valence-electron chi connectivity index (χ2n) is 31.4. The highest BCUT2D eigenvalue weighted by Gasteiger charge is 2.36. The summed E-state index contributed by atoms with van der Waals surface area (Å²) in [4.78, 5) is 116. The molecule has 6 N–H and O–H groups in total. The van der Waals surface area contributed by atoms with E-state index < -0.39 is 41.2 Å². The molecule has 3 saturated heterocycles. The number of allylic oxidation sites excluding steroid dienone is 6. The average Bonchev–Trinajstić information content (AvgIpc) is 0.752. The molecule has 27 nitrogen and oxygen atoms in total. The number of urea groups is 1. The smallest absolute Gasteiger partial charge is 0.319 e. The van der Waals surface area contributed by atoms with Gasteiger partial charge in [-0.1, -0.05) is 121 Å². The Morgan fingerprint density at radius 3 is 1.24 bits per heavy atom. The highest BCUT2D eigenvalue weighted by molar-refractivity contribution is 6.33. The van der Waals surface area contributed by atoms with E-state index in [1.807, 2.05) is 101 Å². The minimum Gasteiger partial charge on any atom is -0.512 e. The number of primary amides is 1. The van der Waals surface area contributed by atoms with Crippen LogP contribution in [-0.2, 0) is 49.7 Å². The van der Waals surface area contributed by atoms with Gasteiger partial charge in [0.1, 0.15) is 46.4 Å². The highest BCUT2D eigenvalue weighted by Crippen LogP contribution is 2.47. The third-order valence-electron chi connectivity index (χ3n) is 22.8.